The molecule has 3 aromatic carbocycles. The van der Waals surface area contributed by atoms with Crippen LogP contribution in [-0.4, -0.2) is 32.2 Å². The van der Waals surface area contributed by atoms with E-state index in [0.29, 0.717) is 34.1 Å². The molecule has 0 atom stereocenters. The van der Waals surface area contributed by atoms with Crippen molar-refractivity contribution in [2.45, 2.75) is 0 Å². The SMILES string of the molecule is COc1cc(C(=O)c2cc(-c3cccc(O)c3)ccc2N)cc(OC)c1OC. The molecule has 0 radical (unpaired) electrons. The molecule has 0 bridgehead atoms. The minimum absolute atomic E-state index is 0.145. The highest BCUT2D eigenvalue weighted by Crippen LogP contribution is 2.39. The van der Waals surface area contributed by atoms with Gasteiger partial charge in [-0.1, -0.05) is 18.2 Å². The zero-order chi connectivity index (χ0) is 20.3. The van der Waals surface area contributed by atoms with Crippen molar-refractivity contribution in [1.29, 1.82) is 0 Å². The van der Waals surface area contributed by atoms with Gasteiger partial charge >= 0.3 is 0 Å². The molecule has 0 unspecified atom stereocenters. The molecule has 0 heterocycles. The molecular formula is C22H21NO5. The number of carbonyl (C=O) groups excluding carboxylic acids is 1. The Morgan fingerprint density at radius 1 is 0.857 bits per heavy atom. The monoisotopic (exact) mass is 379 g/mol. The number of phenolic OH excluding ortho intramolecular Hbond substituents is 1. The van der Waals surface area contributed by atoms with Gasteiger partial charge < -0.3 is 25.1 Å². The first-order valence-corrected chi connectivity index (χ1v) is 8.52. The molecule has 0 spiro atoms. The van der Waals surface area contributed by atoms with Crippen molar-refractivity contribution in [3.8, 4) is 34.1 Å². The van der Waals surface area contributed by atoms with Gasteiger partial charge in [0.1, 0.15) is 5.75 Å². The largest absolute Gasteiger partial charge is 0.508 e. The van der Waals surface area contributed by atoms with Gasteiger partial charge in [-0.2, -0.15) is 0 Å². The van der Waals surface area contributed by atoms with Crippen molar-refractivity contribution in [1.82, 2.24) is 0 Å². The molecule has 0 aliphatic carbocycles. The van der Waals surface area contributed by atoms with Gasteiger partial charge in [-0.15, -0.1) is 0 Å². The van der Waals surface area contributed by atoms with E-state index in [2.05, 4.69) is 0 Å². The predicted molar refractivity (Wildman–Crippen MR) is 107 cm³/mol. The number of nitrogens with two attached hydrogens (primary N) is 1. The summed E-state index contributed by atoms with van der Waals surface area (Å²) in [4.78, 5) is 13.2. The van der Waals surface area contributed by atoms with Crippen molar-refractivity contribution in [2.24, 2.45) is 0 Å². The van der Waals surface area contributed by atoms with Crippen LogP contribution in [0.3, 0.4) is 0 Å². The molecule has 6 heteroatoms. The number of phenols is 1. The molecule has 0 aliphatic heterocycles. The highest BCUT2D eigenvalue weighted by Gasteiger charge is 2.20. The molecular weight excluding hydrogens is 358 g/mol. The Balaban J connectivity index is 2.09. The van der Waals surface area contributed by atoms with E-state index in [1.165, 1.54) is 21.3 Å². The fraction of sp³-hybridized carbons (Fsp3) is 0.136. The molecule has 0 aliphatic rings. The van der Waals surface area contributed by atoms with E-state index < -0.39 is 0 Å². The lowest BCUT2D eigenvalue weighted by atomic mass is 9.96. The van der Waals surface area contributed by atoms with E-state index >= 15 is 0 Å². The minimum atomic E-state index is -0.279. The van der Waals surface area contributed by atoms with Crippen LogP contribution in [0.2, 0.25) is 0 Å². The lowest BCUT2D eigenvalue weighted by Crippen LogP contribution is -2.07. The number of hydrogen-bond acceptors (Lipinski definition) is 6. The smallest absolute Gasteiger partial charge is 0.203 e. The van der Waals surface area contributed by atoms with Crippen LogP contribution in [-0.2, 0) is 0 Å². The van der Waals surface area contributed by atoms with Gasteiger partial charge in [0.15, 0.2) is 17.3 Å². The van der Waals surface area contributed by atoms with Crippen LogP contribution in [0.15, 0.2) is 54.6 Å². The Bertz CT molecular complexity index is 1000. The fourth-order valence-corrected chi connectivity index (χ4v) is 2.99. The summed E-state index contributed by atoms with van der Waals surface area (Å²) in [5, 5.41) is 9.72. The van der Waals surface area contributed by atoms with Gasteiger partial charge in [-0.05, 0) is 47.5 Å². The van der Waals surface area contributed by atoms with Crippen molar-refractivity contribution in [3.05, 3.63) is 65.7 Å². The van der Waals surface area contributed by atoms with Gasteiger partial charge in [-0.25, -0.2) is 0 Å². The number of anilines is 1. The first-order chi connectivity index (χ1) is 13.5. The Hall–Kier alpha value is -3.67. The molecule has 0 saturated heterocycles. The van der Waals surface area contributed by atoms with Crippen LogP contribution in [0, 0.1) is 0 Å². The predicted octanol–water partition coefficient (Wildman–Crippen LogP) is 3.90. The van der Waals surface area contributed by atoms with E-state index in [-0.39, 0.29) is 11.5 Å². The number of aromatic hydroxyl groups is 1. The maximum absolute atomic E-state index is 13.2. The van der Waals surface area contributed by atoms with Crippen molar-refractivity contribution < 1.29 is 24.1 Å². The average Bonchev–Trinajstić information content (AvgIpc) is 2.72. The van der Waals surface area contributed by atoms with E-state index in [1.807, 2.05) is 6.07 Å². The van der Waals surface area contributed by atoms with Crippen LogP contribution in [0.1, 0.15) is 15.9 Å². The minimum Gasteiger partial charge on any atom is -0.508 e. The quantitative estimate of drug-likeness (QED) is 0.499. The molecule has 0 fully saturated rings. The third-order valence-electron chi connectivity index (χ3n) is 4.40. The summed E-state index contributed by atoms with van der Waals surface area (Å²) >= 11 is 0. The molecule has 3 N–H and O–H groups in total. The lowest BCUT2D eigenvalue weighted by Gasteiger charge is -2.14. The third-order valence-corrected chi connectivity index (χ3v) is 4.40. The fourth-order valence-electron chi connectivity index (χ4n) is 2.99. The lowest BCUT2D eigenvalue weighted by molar-refractivity contribution is 0.103. The van der Waals surface area contributed by atoms with Gasteiger partial charge in [0, 0.05) is 16.8 Å². The summed E-state index contributed by atoms with van der Waals surface area (Å²) in [6.45, 7) is 0. The maximum atomic E-state index is 13.2. The molecule has 3 rings (SSSR count). The molecule has 28 heavy (non-hydrogen) atoms. The number of hydrogen-bond donors (Lipinski definition) is 2. The van der Waals surface area contributed by atoms with E-state index in [1.54, 1.807) is 48.5 Å². The Morgan fingerprint density at radius 2 is 1.50 bits per heavy atom. The van der Waals surface area contributed by atoms with Gasteiger partial charge in [0.2, 0.25) is 5.75 Å². The van der Waals surface area contributed by atoms with Crippen molar-refractivity contribution in [3.63, 3.8) is 0 Å². The maximum Gasteiger partial charge on any atom is 0.203 e. The van der Waals surface area contributed by atoms with Crippen LogP contribution in [0.5, 0.6) is 23.0 Å². The van der Waals surface area contributed by atoms with Crippen LogP contribution in [0.4, 0.5) is 5.69 Å². The number of benzene rings is 3. The van der Waals surface area contributed by atoms with Crippen LogP contribution in [0.25, 0.3) is 11.1 Å². The highest BCUT2D eigenvalue weighted by molar-refractivity contribution is 6.13. The molecule has 0 amide bonds. The second kappa shape index (κ2) is 7.92. The molecule has 0 aromatic heterocycles. The Kier molecular flexibility index (Phi) is 5.40. The normalized spacial score (nSPS) is 10.4. The molecule has 144 valence electrons. The summed E-state index contributed by atoms with van der Waals surface area (Å²) in [6.07, 6.45) is 0. The molecule has 6 nitrogen and oxygen atoms in total. The number of methoxy groups -OCH3 is 3. The van der Waals surface area contributed by atoms with E-state index in [4.69, 9.17) is 19.9 Å². The summed E-state index contributed by atoms with van der Waals surface area (Å²) in [6, 6.07) is 15.1. The summed E-state index contributed by atoms with van der Waals surface area (Å²) in [5.74, 6) is 1.04. The summed E-state index contributed by atoms with van der Waals surface area (Å²) in [5.41, 5.74) is 8.67. The molecule has 3 aromatic rings. The van der Waals surface area contributed by atoms with E-state index in [9.17, 15) is 9.90 Å². The standard InChI is InChI=1S/C22H21NO5/c1-26-19-11-15(12-20(27-2)22(19)28-3)21(25)17-10-14(7-8-18(17)23)13-5-4-6-16(24)9-13/h4-12,24H,23H2,1-3H3. The zero-order valence-corrected chi connectivity index (χ0v) is 15.9. The summed E-state index contributed by atoms with van der Waals surface area (Å²) in [7, 11) is 4.48. The topological polar surface area (TPSA) is 91.0 Å². The van der Waals surface area contributed by atoms with Crippen LogP contribution >= 0.6 is 0 Å². The van der Waals surface area contributed by atoms with Gasteiger partial charge in [0.05, 0.1) is 21.3 Å². The van der Waals surface area contributed by atoms with E-state index in [0.717, 1.165) is 11.1 Å². The number of rotatable bonds is 6. The number of carbonyl (C=O) groups is 1. The average molecular weight is 379 g/mol. The summed E-state index contributed by atoms with van der Waals surface area (Å²) < 4.78 is 16.0. The highest BCUT2D eigenvalue weighted by atomic mass is 16.5. The zero-order valence-electron chi connectivity index (χ0n) is 15.9. The second-order valence-corrected chi connectivity index (χ2v) is 6.10. The second-order valence-electron chi connectivity index (χ2n) is 6.10. The van der Waals surface area contributed by atoms with Crippen molar-refractivity contribution >= 4 is 11.5 Å². The number of ether oxygens (including phenoxy) is 3. The molecule has 0 saturated carbocycles. The first-order valence-electron chi connectivity index (χ1n) is 8.52. The first kappa shape index (κ1) is 19.1. The number of ketones is 1. The van der Waals surface area contributed by atoms with Gasteiger partial charge in [0.25, 0.3) is 0 Å². The Labute approximate surface area is 163 Å². The third kappa shape index (κ3) is 3.57. The van der Waals surface area contributed by atoms with Crippen LogP contribution < -0.4 is 19.9 Å². The Morgan fingerprint density at radius 3 is 2.07 bits per heavy atom. The number of nitrogen functional groups attached to an aromatic ring is 1. The van der Waals surface area contributed by atoms with Gasteiger partial charge in [-0.3, -0.25) is 4.79 Å². The van der Waals surface area contributed by atoms with Crippen molar-refractivity contribution in [2.75, 3.05) is 27.1 Å².